The van der Waals surface area contributed by atoms with Crippen LogP contribution in [0.5, 0.6) is 11.5 Å². The van der Waals surface area contributed by atoms with Gasteiger partial charge in [-0.15, -0.1) is 0 Å². The maximum atomic E-state index is 15.0. The van der Waals surface area contributed by atoms with E-state index in [1.165, 1.54) is 30.3 Å². The summed E-state index contributed by atoms with van der Waals surface area (Å²) < 4.78 is 83.0. The maximum Gasteiger partial charge on any atom is 0.314 e. The van der Waals surface area contributed by atoms with Gasteiger partial charge in [0, 0.05) is 16.7 Å². The van der Waals surface area contributed by atoms with Gasteiger partial charge in [-0.25, -0.2) is 13.2 Å². The fourth-order valence-corrected chi connectivity index (χ4v) is 5.18. The van der Waals surface area contributed by atoms with Crippen molar-refractivity contribution >= 4 is 5.97 Å². The third-order valence-electron chi connectivity index (χ3n) is 7.37. The number of carbonyl (C=O) groups is 1. The lowest BCUT2D eigenvalue weighted by Crippen LogP contribution is -2.25. The van der Waals surface area contributed by atoms with E-state index in [1.807, 2.05) is 0 Å². The highest BCUT2D eigenvalue weighted by atomic mass is 19.2. The van der Waals surface area contributed by atoms with Crippen molar-refractivity contribution in [3.8, 4) is 22.6 Å². The highest BCUT2D eigenvalue weighted by Gasteiger charge is 2.30. The minimum absolute atomic E-state index is 0.0805. The van der Waals surface area contributed by atoms with Gasteiger partial charge in [-0.1, -0.05) is 25.5 Å². The molecule has 3 aromatic carbocycles. The van der Waals surface area contributed by atoms with Crippen molar-refractivity contribution in [2.45, 2.75) is 64.4 Å². The van der Waals surface area contributed by atoms with Crippen LogP contribution in [0.3, 0.4) is 0 Å². The van der Waals surface area contributed by atoms with Crippen molar-refractivity contribution < 1.29 is 41.3 Å². The van der Waals surface area contributed by atoms with Crippen LogP contribution in [0.4, 0.5) is 22.0 Å². The molecule has 0 spiro atoms. The van der Waals surface area contributed by atoms with Gasteiger partial charge < -0.3 is 14.6 Å². The average Bonchev–Trinajstić information content (AvgIpc) is 2.94. The predicted molar refractivity (Wildman–Crippen MR) is 139 cm³/mol. The number of halogens is 5. The van der Waals surface area contributed by atoms with E-state index in [2.05, 4.69) is 0 Å². The Kier molecular flexibility index (Phi) is 9.45. The van der Waals surface area contributed by atoms with E-state index in [1.54, 1.807) is 19.9 Å². The topological polar surface area (TPSA) is 55.8 Å². The van der Waals surface area contributed by atoms with Crippen LogP contribution < -0.4 is 9.47 Å². The molecule has 1 N–H and O–H groups in total. The van der Waals surface area contributed by atoms with E-state index < -0.39 is 52.8 Å². The molecule has 1 atom stereocenters. The van der Waals surface area contributed by atoms with Gasteiger partial charge in [0.1, 0.15) is 5.82 Å². The number of hydrogen-bond donors (Lipinski definition) is 1. The second-order valence-corrected chi connectivity index (χ2v) is 9.97. The van der Waals surface area contributed by atoms with Crippen LogP contribution in [0.15, 0.2) is 42.5 Å². The molecule has 4 rings (SSSR count). The van der Waals surface area contributed by atoms with Crippen molar-refractivity contribution in [1.82, 2.24) is 0 Å². The van der Waals surface area contributed by atoms with E-state index >= 15 is 4.39 Å². The zero-order valence-corrected chi connectivity index (χ0v) is 22.3. The Balaban J connectivity index is 1.40. The molecule has 1 fully saturated rings. The standard InChI is InChI=1S/C31H31F5O4/c1-3-5-24(37)22-13-15-26(30(36)28(22)34)40-31(38)18-8-6-17(7-9-18)19-10-11-20(23(32)16-19)21-12-14-25(39-4-2)29(35)27(21)33/h10-18,24,37H,3-9H2,1-2H3. The zero-order valence-electron chi connectivity index (χ0n) is 22.3. The van der Waals surface area contributed by atoms with Crippen LogP contribution in [0.25, 0.3) is 11.1 Å². The molecule has 1 unspecified atom stereocenters. The summed E-state index contributed by atoms with van der Waals surface area (Å²) in [7, 11) is 0. The van der Waals surface area contributed by atoms with Gasteiger partial charge in [-0.05, 0) is 80.8 Å². The number of rotatable bonds is 9. The van der Waals surface area contributed by atoms with Crippen LogP contribution in [0.1, 0.15) is 75.5 Å². The summed E-state index contributed by atoms with van der Waals surface area (Å²) in [6.45, 7) is 3.60. The molecule has 0 saturated heterocycles. The first-order chi connectivity index (χ1) is 19.2. The Morgan fingerprint density at radius 1 is 0.850 bits per heavy atom. The number of esters is 1. The Morgan fingerprint density at radius 3 is 2.15 bits per heavy atom. The Bertz CT molecular complexity index is 1370. The van der Waals surface area contributed by atoms with Crippen LogP contribution in [-0.2, 0) is 4.79 Å². The van der Waals surface area contributed by atoms with Gasteiger partial charge in [0.05, 0.1) is 18.6 Å². The molecule has 1 saturated carbocycles. The number of aliphatic hydroxyl groups excluding tert-OH is 1. The lowest BCUT2D eigenvalue weighted by Gasteiger charge is -2.27. The highest BCUT2D eigenvalue weighted by molar-refractivity contribution is 5.75. The molecular formula is C31H31F5O4. The summed E-state index contributed by atoms with van der Waals surface area (Å²) in [5.41, 5.74) is 0.179. The Labute approximate surface area is 229 Å². The first-order valence-electron chi connectivity index (χ1n) is 13.4. The highest BCUT2D eigenvalue weighted by Crippen LogP contribution is 2.39. The Morgan fingerprint density at radius 2 is 1.50 bits per heavy atom. The van der Waals surface area contributed by atoms with Crippen LogP contribution in [-0.4, -0.2) is 17.7 Å². The average molecular weight is 563 g/mol. The fraction of sp³-hybridized carbons (Fsp3) is 0.387. The quantitative estimate of drug-likeness (QED) is 0.162. The second kappa shape index (κ2) is 12.8. The van der Waals surface area contributed by atoms with E-state index in [9.17, 15) is 27.5 Å². The molecular weight excluding hydrogens is 531 g/mol. The predicted octanol–water partition coefficient (Wildman–Crippen LogP) is 8.16. The molecule has 0 bridgehead atoms. The maximum absolute atomic E-state index is 15.0. The SMILES string of the molecule is CCCC(O)c1ccc(OC(=O)C2CCC(c3ccc(-c4ccc(OCC)c(F)c4F)c(F)c3)CC2)c(F)c1F. The minimum atomic E-state index is -1.32. The van der Waals surface area contributed by atoms with Crippen LogP contribution in [0.2, 0.25) is 0 Å². The summed E-state index contributed by atoms with van der Waals surface area (Å²) in [4.78, 5) is 12.7. The fourth-order valence-electron chi connectivity index (χ4n) is 5.18. The minimum Gasteiger partial charge on any atom is -0.491 e. The molecule has 40 heavy (non-hydrogen) atoms. The monoisotopic (exact) mass is 562 g/mol. The Hall–Kier alpha value is -3.46. The van der Waals surface area contributed by atoms with E-state index in [0.29, 0.717) is 37.7 Å². The third-order valence-corrected chi connectivity index (χ3v) is 7.37. The van der Waals surface area contributed by atoms with Crippen molar-refractivity contribution in [3.05, 3.63) is 82.7 Å². The molecule has 1 aliphatic carbocycles. The lowest BCUT2D eigenvalue weighted by molar-refractivity contribution is -0.140. The van der Waals surface area contributed by atoms with Gasteiger partial charge in [0.25, 0.3) is 0 Å². The van der Waals surface area contributed by atoms with Gasteiger partial charge in [0.15, 0.2) is 23.1 Å². The molecule has 0 amide bonds. The molecule has 0 heterocycles. The summed E-state index contributed by atoms with van der Waals surface area (Å²) >= 11 is 0. The largest absolute Gasteiger partial charge is 0.491 e. The lowest BCUT2D eigenvalue weighted by atomic mass is 9.78. The van der Waals surface area contributed by atoms with E-state index in [0.717, 1.165) is 6.07 Å². The molecule has 3 aromatic rings. The molecule has 0 aromatic heterocycles. The molecule has 0 aliphatic heterocycles. The van der Waals surface area contributed by atoms with Crippen molar-refractivity contribution in [2.24, 2.45) is 5.92 Å². The number of carbonyl (C=O) groups excluding carboxylic acids is 1. The number of ether oxygens (including phenoxy) is 2. The normalized spacial score (nSPS) is 17.9. The van der Waals surface area contributed by atoms with Gasteiger partial charge in [-0.3, -0.25) is 4.79 Å². The van der Waals surface area contributed by atoms with Gasteiger partial charge in [-0.2, -0.15) is 8.78 Å². The van der Waals surface area contributed by atoms with Crippen molar-refractivity contribution in [3.63, 3.8) is 0 Å². The molecule has 9 heteroatoms. The molecule has 214 valence electrons. The van der Waals surface area contributed by atoms with Crippen molar-refractivity contribution in [1.29, 1.82) is 0 Å². The van der Waals surface area contributed by atoms with Crippen LogP contribution >= 0.6 is 0 Å². The van der Waals surface area contributed by atoms with Crippen molar-refractivity contribution in [2.75, 3.05) is 6.61 Å². The smallest absolute Gasteiger partial charge is 0.314 e. The van der Waals surface area contributed by atoms with E-state index in [-0.39, 0.29) is 41.4 Å². The second-order valence-electron chi connectivity index (χ2n) is 9.97. The first-order valence-corrected chi connectivity index (χ1v) is 13.4. The number of benzene rings is 3. The number of aliphatic hydroxyl groups is 1. The zero-order chi connectivity index (χ0) is 29.0. The summed E-state index contributed by atoms with van der Waals surface area (Å²) in [5.74, 6) is -7.74. The van der Waals surface area contributed by atoms with Gasteiger partial charge >= 0.3 is 5.97 Å². The molecule has 0 radical (unpaired) electrons. The van der Waals surface area contributed by atoms with Gasteiger partial charge in [0.2, 0.25) is 11.6 Å². The number of hydrogen-bond acceptors (Lipinski definition) is 4. The summed E-state index contributed by atoms with van der Waals surface area (Å²) in [6, 6.07) is 9.23. The molecule has 4 nitrogen and oxygen atoms in total. The van der Waals surface area contributed by atoms with Crippen LogP contribution in [0, 0.1) is 35.0 Å². The molecule has 1 aliphatic rings. The summed E-state index contributed by atoms with van der Waals surface area (Å²) in [6.07, 6.45) is 1.51. The summed E-state index contributed by atoms with van der Waals surface area (Å²) in [5, 5.41) is 9.99. The first kappa shape index (κ1) is 29.5. The van der Waals surface area contributed by atoms with E-state index in [4.69, 9.17) is 9.47 Å². The third kappa shape index (κ3) is 6.14.